The summed E-state index contributed by atoms with van der Waals surface area (Å²) in [6, 6.07) is 16.0. The zero-order valence-corrected chi connectivity index (χ0v) is 12.5. The highest BCUT2D eigenvalue weighted by Gasteiger charge is 2.33. The molecule has 0 saturated carbocycles. The maximum atomic E-state index is 12.5. The summed E-state index contributed by atoms with van der Waals surface area (Å²) in [6.07, 6.45) is 1.78. The molecular formula is C16H11NO2S2. The number of hydrogen-bond acceptors (Lipinski definition) is 4. The summed E-state index contributed by atoms with van der Waals surface area (Å²) < 4.78 is 0.524. The van der Waals surface area contributed by atoms with E-state index in [4.69, 9.17) is 12.2 Å². The van der Waals surface area contributed by atoms with Gasteiger partial charge < -0.3 is 5.11 Å². The molecule has 0 aromatic heterocycles. The minimum Gasteiger partial charge on any atom is -0.508 e. The molecule has 0 bridgehead atoms. The van der Waals surface area contributed by atoms with E-state index in [1.165, 1.54) is 16.7 Å². The van der Waals surface area contributed by atoms with Gasteiger partial charge in [-0.1, -0.05) is 54.3 Å². The zero-order chi connectivity index (χ0) is 14.8. The van der Waals surface area contributed by atoms with Crippen LogP contribution in [-0.2, 0) is 4.79 Å². The van der Waals surface area contributed by atoms with E-state index in [0.717, 1.165) is 11.3 Å². The van der Waals surface area contributed by atoms with E-state index in [2.05, 4.69) is 0 Å². The Kier molecular flexibility index (Phi) is 3.77. The van der Waals surface area contributed by atoms with Crippen LogP contribution < -0.4 is 4.90 Å². The normalized spacial score (nSPS) is 16.8. The molecule has 1 saturated heterocycles. The van der Waals surface area contributed by atoms with E-state index in [0.29, 0.717) is 9.23 Å². The number of phenols is 1. The van der Waals surface area contributed by atoms with Crippen LogP contribution in [0.1, 0.15) is 5.56 Å². The lowest BCUT2D eigenvalue weighted by Gasteiger charge is -2.13. The molecule has 5 heteroatoms. The van der Waals surface area contributed by atoms with Gasteiger partial charge in [0.05, 0.1) is 10.6 Å². The molecule has 1 heterocycles. The van der Waals surface area contributed by atoms with Crippen molar-refractivity contribution >= 4 is 46.0 Å². The summed E-state index contributed by atoms with van der Waals surface area (Å²) in [6.45, 7) is 0. The fourth-order valence-corrected chi connectivity index (χ4v) is 3.29. The molecule has 1 aliphatic rings. The molecule has 0 unspecified atom stereocenters. The number of carbonyl (C=O) groups is 1. The second-order valence-electron chi connectivity index (χ2n) is 4.44. The van der Waals surface area contributed by atoms with Crippen molar-refractivity contribution in [3.63, 3.8) is 0 Å². The monoisotopic (exact) mass is 313 g/mol. The van der Waals surface area contributed by atoms with Gasteiger partial charge in [-0.2, -0.15) is 0 Å². The first kappa shape index (κ1) is 13.9. The first-order valence-electron chi connectivity index (χ1n) is 6.27. The number of amides is 1. The van der Waals surface area contributed by atoms with Crippen molar-refractivity contribution in [1.82, 2.24) is 0 Å². The summed E-state index contributed by atoms with van der Waals surface area (Å²) in [5.41, 5.74) is 1.62. The Hall–Kier alpha value is -2.11. The van der Waals surface area contributed by atoms with Crippen LogP contribution in [0.5, 0.6) is 5.75 Å². The zero-order valence-electron chi connectivity index (χ0n) is 10.9. The molecule has 1 fully saturated rings. The summed E-state index contributed by atoms with van der Waals surface area (Å²) in [5.74, 6) is 0.0771. The number of anilines is 1. The minimum atomic E-state index is -0.121. The average molecular weight is 313 g/mol. The topological polar surface area (TPSA) is 40.5 Å². The number of rotatable bonds is 2. The van der Waals surface area contributed by atoms with E-state index in [-0.39, 0.29) is 11.7 Å². The van der Waals surface area contributed by atoms with Gasteiger partial charge in [0.15, 0.2) is 4.32 Å². The van der Waals surface area contributed by atoms with Crippen LogP contribution in [-0.4, -0.2) is 15.3 Å². The lowest BCUT2D eigenvalue weighted by atomic mass is 10.2. The van der Waals surface area contributed by atoms with Gasteiger partial charge in [0.1, 0.15) is 5.75 Å². The number of nitrogens with zero attached hydrogens (tertiary/aromatic N) is 1. The molecule has 21 heavy (non-hydrogen) atoms. The van der Waals surface area contributed by atoms with Crippen molar-refractivity contribution in [2.75, 3.05) is 4.90 Å². The van der Waals surface area contributed by atoms with Gasteiger partial charge in [-0.15, -0.1) is 0 Å². The number of phenolic OH excluding ortho intramolecular Hbond substituents is 1. The molecule has 1 N–H and O–H groups in total. The SMILES string of the molecule is O=C1C(=Cc2ccc(O)cc2)SC(=S)N1c1ccccc1. The molecule has 104 valence electrons. The Morgan fingerprint density at radius 1 is 1.05 bits per heavy atom. The number of aromatic hydroxyl groups is 1. The molecule has 1 aliphatic heterocycles. The number of benzene rings is 2. The molecule has 3 nitrogen and oxygen atoms in total. The third-order valence-electron chi connectivity index (χ3n) is 3.00. The van der Waals surface area contributed by atoms with Crippen LogP contribution in [0.25, 0.3) is 6.08 Å². The van der Waals surface area contributed by atoms with Crippen LogP contribution in [0, 0.1) is 0 Å². The Morgan fingerprint density at radius 2 is 1.71 bits per heavy atom. The van der Waals surface area contributed by atoms with E-state index >= 15 is 0 Å². The predicted molar refractivity (Wildman–Crippen MR) is 90.2 cm³/mol. The molecule has 0 spiro atoms. The highest BCUT2D eigenvalue weighted by Crippen LogP contribution is 2.35. The summed E-state index contributed by atoms with van der Waals surface area (Å²) in [7, 11) is 0. The molecule has 3 rings (SSSR count). The Balaban J connectivity index is 1.92. The van der Waals surface area contributed by atoms with Crippen LogP contribution in [0.4, 0.5) is 5.69 Å². The van der Waals surface area contributed by atoms with E-state index in [1.54, 1.807) is 30.3 Å². The van der Waals surface area contributed by atoms with Crippen molar-refractivity contribution in [3.8, 4) is 5.75 Å². The molecule has 0 atom stereocenters. The van der Waals surface area contributed by atoms with Gasteiger partial charge in [0.25, 0.3) is 5.91 Å². The van der Waals surface area contributed by atoms with Gasteiger partial charge in [-0.3, -0.25) is 9.69 Å². The van der Waals surface area contributed by atoms with Gasteiger partial charge in [-0.05, 0) is 35.9 Å². The first-order valence-corrected chi connectivity index (χ1v) is 7.50. The van der Waals surface area contributed by atoms with Crippen molar-refractivity contribution in [1.29, 1.82) is 0 Å². The van der Waals surface area contributed by atoms with Crippen LogP contribution in [0.15, 0.2) is 59.5 Å². The lowest BCUT2D eigenvalue weighted by Crippen LogP contribution is -2.27. The van der Waals surface area contributed by atoms with Gasteiger partial charge in [-0.25, -0.2) is 0 Å². The third-order valence-corrected chi connectivity index (χ3v) is 4.30. The lowest BCUT2D eigenvalue weighted by molar-refractivity contribution is -0.113. The van der Waals surface area contributed by atoms with Gasteiger partial charge in [0.2, 0.25) is 0 Å². The molecule has 0 radical (unpaired) electrons. The smallest absolute Gasteiger partial charge is 0.270 e. The van der Waals surface area contributed by atoms with Crippen LogP contribution in [0.2, 0.25) is 0 Å². The van der Waals surface area contributed by atoms with E-state index in [9.17, 15) is 9.90 Å². The number of hydrogen-bond donors (Lipinski definition) is 1. The standard InChI is InChI=1S/C16H11NO2S2/c18-13-8-6-11(7-9-13)10-14-15(19)17(16(20)21-14)12-4-2-1-3-5-12/h1-10,18H. The Labute approximate surface area is 131 Å². The highest BCUT2D eigenvalue weighted by molar-refractivity contribution is 8.27. The number of thioether (sulfide) groups is 1. The van der Waals surface area contributed by atoms with Crippen molar-refractivity contribution < 1.29 is 9.90 Å². The fraction of sp³-hybridized carbons (Fsp3) is 0. The van der Waals surface area contributed by atoms with Gasteiger partial charge >= 0.3 is 0 Å². The van der Waals surface area contributed by atoms with Crippen molar-refractivity contribution in [2.24, 2.45) is 0 Å². The summed E-state index contributed by atoms with van der Waals surface area (Å²) >= 11 is 6.58. The van der Waals surface area contributed by atoms with E-state index < -0.39 is 0 Å². The molecule has 2 aromatic rings. The van der Waals surface area contributed by atoms with Gasteiger partial charge in [0, 0.05) is 0 Å². The maximum absolute atomic E-state index is 12.5. The second-order valence-corrected chi connectivity index (χ2v) is 6.12. The number of para-hydroxylation sites is 1. The highest BCUT2D eigenvalue weighted by atomic mass is 32.2. The largest absolute Gasteiger partial charge is 0.508 e. The average Bonchev–Trinajstić information content (AvgIpc) is 2.77. The maximum Gasteiger partial charge on any atom is 0.270 e. The molecule has 1 amide bonds. The van der Waals surface area contributed by atoms with Crippen LogP contribution in [0.3, 0.4) is 0 Å². The number of carbonyl (C=O) groups excluding carboxylic acids is 1. The predicted octanol–water partition coefficient (Wildman–Crippen LogP) is 3.80. The van der Waals surface area contributed by atoms with Crippen LogP contribution >= 0.6 is 24.0 Å². The fourth-order valence-electron chi connectivity index (χ4n) is 1.99. The molecular weight excluding hydrogens is 302 g/mol. The van der Waals surface area contributed by atoms with Crippen molar-refractivity contribution in [3.05, 3.63) is 65.1 Å². The molecule has 0 aliphatic carbocycles. The number of thiocarbonyl (C=S) groups is 1. The second kappa shape index (κ2) is 5.71. The first-order chi connectivity index (χ1) is 10.1. The van der Waals surface area contributed by atoms with Crippen molar-refractivity contribution in [2.45, 2.75) is 0 Å². The summed E-state index contributed by atoms with van der Waals surface area (Å²) in [5, 5.41) is 9.28. The van der Waals surface area contributed by atoms with E-state index in [1.807, 2.05) is 30.3 Å². The Bertz CT molecular complexity index is 724. The minimum absolute atomic E-state index is 0.121. The molecule has 2 aromatic carbocycles. The third kappa shape index (κ3) is 2.84. The summed E-state index contributed by atoms with van der Waals surface area (Å²) in [4.78, 5) is 14.6. The quantitative estimate of drug-likeness (QED) is 0.676. The Morgan fingerprint density at radius 3 is 2.38 bits per heavy atom.